The number of carboxylic acids is 3. The largest absolute Gasteiger partial charge is 0.478 e. The number of hydrogen-bond acceptors (Lipinski definition) is 5. The SMILES string of the molecule is Cc1nc(C(=O)O)c(C(=O)O)c(C(=O)O)c1N. The number of aryl methyl sites for hydroxylation is 1. The molecule has 1 heterocycles. The first-order valence-electron chi connectivity index (χ1n) is 4.27. The Morgan fingerprint density at radius 1 is 1.00 bits per heavy atom. The van der Waals surface area contributed by atoms with Gasteiger partial charge in [0.05, 0.1) is 11.4 Å². The predicted molar refractivity (Wildman–Crippen MR) is 54.3 cm³/mol. The van der Waals surface area contributed by atoms with E-state index in [0.717, 1.165) is 0 Å². The zero-order valence-corrected chi connectivity index (χ0v) is 8.59. The highest BCUT2D eigenvalue weighted by atomic mass is 16.4. The monoisotopic (exact) mass is 240 g/mol. The summed E-state index contributed by atoms with van der Waals surface area (Å²) in [7, 11) is 0. The number of hydrogen-bond donors (Lipinski definition) is 4. The fourth-order valence-electron chi connectivity index (χ4n) is 1.30. The summed E-state index contributed by atoms with van der Waals surface area (Å²) in [6.07, 6.45) is 0. The van der Waals surface area contributed by atoms with E-state index in [4.69, 9.17) is 21.1 Å². The number of carboxylic acid groups (broad SMARTS) is 3. The van der Waals surface area contributed by atoms with Crippen LogP contribution in [0.5, 0.6) is 0 Å². The van der Waals surface area contributed by atoms with E-state index in [1.165, 1.54) is 6.92 Å². The third-order valence-electron chi connectivity index (χ3n) is 2.06. The van der Waals surface area contributed by atoms with Crippen molar-refractivity contribution < 1.29 is 29.7 Å². The Balaban J connectivity index is 3.83. The minimum Gasteiger partial charge on any atom is -0.478 e. The van der Waals surface area contributed by atoms with Crippen molar-refractivity contribution in [3.63, 3.8) is 0 Å². The highest BCUT2D eigenvalue weighted by Crippen LogP contribution is 2.23. The number of carbonyl (C=O) groups is 3. The molecule has 5 N–H and O–H groups in total. The molecular formula is C9H8N2O6. The molecule has 0 aliphatic heterocycles. The second-order valence-corrected chi connectivity index (χ2v) is 3.12. The van der Waals surface area contributed by atoms with Gasteiger partial charge in [0, 0.05) is 0 Å². The fraction of sp³-hybridized carbons (Fsp3) is 0.111. The standard InChI is InChI=1S/C9H8N2O6/c1-2-5(10)3(7(12)13)4(8(14)15)6(11-2)9(16)17/h10H2,1H3,(H,12,13)(H,14,15)(H,16,17). The van der Waals surface area contributed by atoms with Crippen molar-refractivity contribution in [2.45, 2.75) is 6.92 Å². The van der Waals surface area contributed by atoms with Crippen LogP contribution in [0.4, 0.5) is 5.69 Å². The Morgan fingerprint density at radius 3 is 1.82 bits per heavy atom. The van der Waals surface area contributed by atoms with Crippen molar-refractivity contribution >= 4 is 23.6 Å². The molecular weight excluding hydrogens is 232 g/mol. The van der Waals surface area contributed by atoms with Crippen LogP contribution in [0.25, 0.3) is 0 Å². The Bertz CT molecular complexity index is 537. The van der Waals surface area contributed by atoms with Gasteiger partial charge in [0.15, 0.2) is 5.69 Å². The van der Waals surface area contributed by atoms with E-state index in [1.54, 1.807) is 0 Å². The number of aromatic nitrogens is 1. The molecule has 0 saturated carbocycles. The molecule has 0 bridgehead atoms. The van der Waals surface area contributed by atoms with Crippen molar-refractivity contribution in [2.24, 2.45) is 0 Å². The number of aromatic carboxylic acids is 3. The molecule has 17 heavy (non-hydrogen) atoms. The number of anilines is 1. The second-order valence-electron chi connectivity index (χ2n) is 3.12. The lowest BCUT2D eigenvalue weighted by atomic mass is 10.0. The fourth-order valence-corrected chi connectivity index (χ4v) is 1.30. The number of nitrogens with zero attached hydrogens (tertiary/aromatic N) is 1. The predicted octanol–water partition coefficient (Wildman–Crippen LogP) is 0.0668. The maximum atomic E-state index is 10.9. The van der Waals surface area contributed by atoms with Crippen LogP contribution in [0.2, 0.25) is 0 Å². The van der Waals surface area contributed by atoms with E-state index in [9.17, 15) is 14.4 Å². The van der Waals surface area contributed by atoms with Crippen LogP contribution in [0.3, 0.4) is 0 Å². The maximum absolute atomic E-state index is 10.9. The molecule has 0 radical (unpaired) electrons. The van der Waals surface area contributed by atoms with Crippen LogP contribution < -0.4 is 5.73 Å². The van der Waals surface area contributed by atoms with Crippen molar-refractivity contribution in [1.29, 1.82) is 0 Å². The summed E-state index contributed by atoms with van der Waals surface area (Å²) in [5, 5.41) is 26.5. The van der Waals surface area contributed by atoms with Gasteiger partial charge in [-0.3, -0.25) is 0 Å². The van der Waals surface area contributed by atoms with Gasteiger partial charge in [0.25, 0.3) is 0 Å². The summed E-state index contributed by atoms with van der Waals surface area (Å²) in [5.74, 6) is -4.96. The third-order valence-corrected chi connectivity index (χ3v) is 2.06. The minimum absolute atomic E-state index is 0.0511. The molecule has 0 amide bonds. The first-order valence-corrected chi connectivity index (χ1v) is 4.27. The Labute approximate surface area is 94.3 Å². The van der Waals surface area contributed by atoms with E-state index < -0.39 is 34.7 Å². The van der Waals surface area contributed by atoms with Crippen molar-refractivity contribution in [2.75, 3.05) is 5.73 Å². The van der Waals surface area contributed by atoms with Gasteiger partial charge in [-0.25, -0.2) is 19.4 Å². The number of nitrogen functional groups attached to an aromatic ring is 1. The highest BCUT2D eigenvalue weighted by Gasteiger charge is 2.29. The molecule has 0 fully saturated rings. The first kappa shape index (κ1) is 12.4. The van der Waals surface area contributed by atoms with Crippen LogP contribution in [0.15, 0.2) is 0 Å². The lowest BCUT2D eigenvalue weighted by Gasteiger charge is -2.10. The van der Waals surface area contributed by atoms with Gasteiger partial charge in [-0.1, -0.05) is 0 Å². The number of nitrogens with two attached hydrogens (primary N) is 1. The summed E-state index contributed by atoms with van der Waals surface area (Å²) in [6, 6.07) is 0. The first-order chi connectivity index (χ1) is 7.77. The summed E-state index contributed by atoms with van der Waals surface area (Å²) >= 11 is 0. The van der Waals surface area contributed by atoms with Gasteiger partial charge in [0.2, 0.25) is 0 Å². The molecule has 90 valence electrons. The highest BCUT2D eigenvalue weighted by molar-refractivity contribution is 6.11. The maximum Gasteiger partial charge on any atom is 0.355 e. The van der Waals surface area contributed by atoms with Gasteiger partial charge in [-0.05, 0) is 6.92 Å². The van der Waals surface area contributed by atoms with Gasteiger partial charge in [0.1, 0.15) is 11.1 Å². The van der Waals surface area contributed by atoms with E-state index in [1.807, 2.05) is 0 Å². The minimum atomic E-state index is -1.71. The van der Waals surface area contributed by atoms with Crippen molar-refractivity contribution in [3.8, 4) is 0 Å². The van der Waals surface area contributed by atoms with Crippen LogP contribution in [-0.4, -0.2) is 38.2 Å². The topological polar surface area (TPSA) is 151 Å². The molecule has 0 aliphatic rings. The lowest BCUT2D eigenvalue weighted by Crippen LogP contribution is -2.20. The van der Waals surface area contributed by atoms with Crippen LogP contribution in [-0.2, 0) is 0 Å². The smallest absolute Gasteiger partial charge is 0.355 e. The zero-order valence-electron chi connectivity index (χ0n) is 8.59. The van der Waals surface area contributed by atoms with Crippen LogP contribution in [0, 0.1) is 6.92 Å². The molecule has 1 aromatic rings. The normalized spacial score (nSPS) is 9.94. The lowest BCUT2D eigenvalue weighted by molar-refractivity contribution is 0.0629. The van der Waals surface area contributed by atoms with Gasteiger partial charge in [-0.15, -0.1) is 0 Å². The van der Waals surface area contributed by atoms with E-state index >= 15 is 0 Å². The number of pyridine rings is 1. The Kier molecular flexibility index (Phi) is 2.98. The van der Waals surface area contributed by atoms with E-state index in [0.29, 0.717) is 0 Å². The van der Waals surface area contributed by atoms with Gasteiger partial charge < -0.3 is 21.1 Å². The van der Waals surface area contributed by atoms with Crippen molar-refractivity contribution in [3.05, 3.63) is 22.5 Å². The van der Waals surface area contributed by atoms with Gasteiger partial charge >= 0.3 is 17.9 Å². The summed E-state index contributed by atoms with van der Waals surface area (Å²) in [5.41, 5.74) is 2.45. The average molecular weight is 240 g/mol. The van der Waals surface area contributed by atoms with E-state index in [-0.39, 0.29) is 11.4 Å². The Morgan fingerprint density at radius 2 is 1.47 bits per heavy atom. The number of rotatable bonds is 3. The molecule has 8 heteroatoms. The summed E-state index contributed by atoms with van der Waals surface area (Å²) in [4.78, 5) is 36.1. The second kappa shape index (κ2) is 4.08. The molecule has 0 aromatic carbocycles. The molecule has 0 atom stereocenters. The van der Waals surface area contributed by atoms with Crippen molar-refractivity contribution in [1.82, 2.24) is 4.98 Å². The molecule has 0 unspecified atom stereocenters. The summed E-state index contributed by atoms with van der Waals surface area (Å²) < 4.78 is 0. The Hall–Kier alpha value is -2.64. The van der Waals surface area contributed by atoms with Gasteiger partial charge in [-0.2, -0.15) is 0 Å². The molecule has 0 aliphatic carbocycles. The average Bonchev–Trinajstić information content (AvgIpc) is 2.19. The molecule has 0 spiro atoms. The molecule has 1 aromatic heterocycles. The summed E-state index contributed by atoms with van der Waals surface area (Å²) in [6.45, 7) is 1.29. The third kappa shape index (κ3) is 2.00. The quantitative estimate of drug-likeness (QED) is 0.579. The molecule has 8 nitrogen and oxygen atoms in total. The molecule has 0 saturated heterocycles. The van der Waals surface area contributed by atoms with Crippen LogP contribution in [0.1, 0.15) is 36.9 Å². The zero-order chi connectivity index (χ0) is 13.3. The van der Waals surface area contributed by atoms with E-state index in [2.05, 4.69) is 4.98 Å². The van der Waals surface area contributed by atoms with Crippen LogP contribution >= 0.6 is 0 Å². The molecule has 1 rings (SSSR count).